The molecule has 2 aromatic carbocycles. The molecule has 0 aromatic heterocycles. The minimum Gasteiger partial charge on any atom is -0.481 e. The molecule has 0 spiro atoms. The van der Waals surface area contributed by atoms with Crippen molar-refractivity contribution in [3.63, 3.8) is 0 Å². The number of nitro benzene ring substituents is 1. The fraction of sp³-hybridized carbons (Fsp3) is 0.125. The van der Waals surface area contributed by atoms with Crippen LogP contribution in [0.3, 0.4) is 0 Å². The van der Waals surface area contributed by atoms with E-state index in [1.165, 1.54) is 31.2 Å². The molecule has 0 bridgehead atoms. The molecule has 0 saturated heterocycles. The van der Waals surface area contributed by atoms with Gasteiger partial charge in [0.25, 0.3) is 0 Å². The van der Waals surface area contributed by atoms with Crippen LogP contribution in [0, 0.1) is 17.0 Å². The molecule has 2 N–H and O–H groups in total. The Bertz CT molecular complexity index is 829. The number of ether oxygens (including phenoxy) is 1. The summed E-state index contributed by atoms with van der Waals surface area (Å²) in [6, 6.07) is 8.59. The SMILES string of the molecule is Cc1ccc(C(=O)O)c(Oc2ccccc2CC(=O)O)c1[N+](=O)[O-]. The van der Waals surface area contributed by atoms with E-state index >= 15 is 0 Å². The smallest absolute Gasteiger partial charge is 0.339 e. The Balaban J connectivity index is 2.61. The van der Waals surface area contributed by atoms with Crippen molar-refractivity contribution in [3.8, 4) is 11.5 Å². The number of aryl methyl sites for hydroxylation is 1. The molecule has 2 rings (SSSR count). The maximum absolute atomic E-state index is 11.4. The molecule has 0 atom stereocenters. The molecule has 0 aliphatic rings. The summed E-state index contributed by atoms with van der Waals surface area (Å²) in [6.45, 7) is 1.46. The van der Waals surface area contributed by atoms with E-state index in [2.05, 4.69) is 0 Å². The van der Waals surface area contributed by atoms with E-state index in [0.717, 1.165) is 0 Å². The van der Waals surface area contributed by atoms with E-state index in [1.807, 2.05) is 0 Å². The van der Waals surface area contributed by atoms with Gasteiger partial charge in [-0.15, -0.1) is 0 Å². The number of hydrogen-bond acceptors (Lipinski definition) is 5. The Morgan fingerprint density at radius 3 is 2.42 bits per heavy atom. The first-order valence-corrected chi connectivity index (χ1v) is 6.80. The number of rotatable bonds is 6. The van der Waals surface area contributed by atoms with Crippen LogP contribution in [0.5, 0.6) is 11.5 Å². The molecule has 0 unspecified atom stereocenters. The van der Waals surface area contributed by atoms with Crippen molar-refractivity contribution in [2.24, 2.45) is 0 Å². The first-order valence-electron chi connectivity index (χ1n) is 6.80. The van der Waals surface area contributed by atoms with Crippen molar-refractivity contribution in [2.45, 2.75) is 13.3 Å². The summed E-state index contributed by atoms with van der Waals surface area (Å²) in [5, 5.41) is 29.5. The van der Waals surface area contributed by atoms with Gasteiger partial charge in [-0.1, -0.05) is 24.3 Å². The zero-order chi connectivity index (χ0) is 17.9. The normalized spacial score (nSPS) is 10.2. The van der Waals surface area contributed by atoms with Crippen LogP contribution in [0.2, 0.25) is 0 Å². The molecule has 24 heavy (non-hydrogen) atoms. The molecule has 8 heteroatoms. The lowest BCUT2D eigenvalue weighted by Gasteiger charge is -2.13. The van der Waals surface area contributed by atoms with Gasteiger partial charge in [-0.3, -0.25) is 14.9 Å². The van der Waals surface area contributed by atoms with Crippen LogP contribution in [0.15, 0.2) is 36.4 Å². The summed E-state index contributed by atoms with van der Waals surface area (Å²) in [7, 11) is 0. The second-order valence-electron chi connectivity index (χ2n) is 4.95. The number of aliphatic carboxylic acids is 1. The number of aromatic carboxylic acids is 1. The van der Waals surface area contributed by atoms with Crippen LogP contribution in [-0.2, 0) is 11.2 Å². The lowest BCUT2D eigenvalue weighted by Crippen LogP contribution is -2.07. The van der Waals surface area contributed by atoms with Crippen LogP contribution in [0.4, 0.5) is 5.69 Å². The van der Waals surface area contributed by atoms with Crippen molar-refractivity contribution in [3.05, 3.63) is 63.2 Å². The molecular formula is C16H13NO7. The highest BCUT2D eigenvalue weighted by Gasteiger charge is 2.27. The Kier molecular flexibility index (Phi) is 4.78. The molecule has 8 nitrogen and oxygen atoms in total. The lowest BCUT2D eigenvalue weighted by atomic mass is 10.1. The topological polar surface area (TPSA) is 127 Å². The van der Waals surface area contributed by atoms with Gasteiger partial charge < -0.3 is 14.9 Å². The molecular weight excluding hydrogens is 318 g/mol. The maximum atomic E-state index is 11.4. The van der Waals surface area contributed by atoms with Crippen molar-refractivity contribution < 1.29 is 29.5 Å². The summed E-state index contributed by atoms with van der Waals surface area (Å²) in [6.07, 6.45) is -0.363. The van der Waals surface area contributed by atoms with Crippen molar-refractivity contribution >= 4 is 17.6 Å². The van der Waals surface area contributed by atoms with Gasteiger partial charge in [0, 0.05) is 11.1 Å². The molecule has 0 saturated carbocycles. The van der Waals surface area contributed by atoms with Crippen molar-refractivity contribution in [1.82, 2.24) is 0 Å². The standard InChI is InChI=1S/C16H13NO7/c1-9-6-7-11(16(20)21)15(14(9)17(22)23)24-12-5-3-2-4-10(12)8-13(18)19/h2-7H,8H2,1H3,(H,18,19)(H,20,21). The molecule has 0 aliphatic heterocycles. The molecule has 2 aromatic rings. The fourth-order valence-corrected chi connectivity index (χ4v) is 2.19. The third kappa shape index (κ3) is 3.49. The van der Waals surface area contributed by atoms with Gasteiger partial charge in [0.1, 0.15) is 11.3 Å². The molecule has 124 valence electrons. The fourth-order valence-electron chi connectivity index (χ4n) is 2.19. The van der Waals surface area contributed by atoms with E-state index in [9.17, 15) is 24.8 Å². The quantitative estimate of drug-likeness (QED) is 0.615. The minimum atomic E-state index is -1.39. The zero-order valence-electron chi connectivity index (χ0n) is 12.6. The average Bonchev–Trinajstić information content (AvgIpc) is 2.48. The predicted octanol–water partition coefficient (Wildman–Crippen LogP) is 3.02. The highest BCUT2D eigenvalue weighted by molar-refractivity contribution is 5.93. The first kappa shape index (κ1) is 16.9. The first-order chi connectivity index (χ1) is 11.3. The van der Waals surface area contributed by atoms with Gasteiger partial charge in [-0.2, -0.15) is 0 Å². The maximum Gasteiger partial charge on any atom is 0.339 e. The summed E-state index contributed by atoms with van der Waals surface area (Å²) < 4.78 is 5.49. The van der Waals surface area contributed by atoms with Crippen molar-refractivity contribution in [1.29, 1.82) is 0 Å². The van der Waals surface area contributed by atoms with E-state index in [0.29, 0.717) is 0 Å². The Hall–Kier alpha value is -3.42. The van der Waals surface area contributed by atoms with E-state index in [4.69, 9.17) is 9.84 Å². The molecule has 0 amide bonds. The molecule has 0 radical (unpaired) electrons. The van der Waals surface area contributed by atoms with Crippen LogP contribution < -0.4 is 4.74 Å². The number of hydrogen-bond donors (Lipinski definition) is 2. The van der Waals surface area contributed by atoms with Crippen LogP contribution in [0.25, 0.3) is 0 Å². The highest BCUT2D eigenvalue weighted by Crippen LogP contribution is 2.38. The number of carboxylic acid groups (broad SMARTS) is 2. The second-order valence-corrected chi connectivity index (χ2v) is 4.95. The predicted molar refractivity (Wildman–Crippen MR) is 82.6 cm³/mol. The van der Waals surface area contributed by atoms with Gasteiger partial charge in [0.05, 0.1) is 11.3 Å². The summed E-state index contributed by atoms with van der Waals surface area (Å²) in [5.74, 6) is -2.87. The Morgan fingerprint density at radius 2 is 1.83 bits per heavy atom. The van der Waals surface area contributed by atoms with Crippen LogP contribution in [0.1, 0.15) is 21.5 Å². The van der Waals surface area contributed by atoms with E-state index in [1.54, 1.807) is 12.1 Å². The third-order valence-electron chi connectivity index (χ3n) is 3.27. The Labute approximate surface area is 136 Å². The number of nitrogens with zero attached hydrogens (tertiary/aromatic N) is 1. The Morgan fingerprint density at radius 1 is 1.17 bits per heavy atom. The zero-order valence-corrected chi connectivity index (χ0v) is 12.6. The van der Waals surface area contributed by atoms with Crippen LogP contribution in [-0.4, -0.2) is 27.1 Å². The van der Waals surface area contributed by atoms with Gasteiger partial charge in [-0.05, 0) is 19.1 Å². The largest absolute Gasteiger partial charge is 0.481 e. The monoisotopic (exact) mass is 331 g/mol. The third-order valence-corrected chi connectivity index (χ3v) is 3.27. The molecule has 0 heterocycles. The van der Waals surface area contributed by atoms with Gasteiger partial charge in [0.2, 0.25) is 5.75 Å². The van der Waals surface area contributed by atoms with Gasteiger partial charge >= 0.3 is 17.6 Å². The summed E-state index contributed by atoms with van der Waals surface area (Å²) >= 11 is 0. The minimum absolute atomic E-state index is 0.0519. The number of carboxylic acids is 2. The average molecular weight is 331 g/mol. The summed E-state index contributed by atoms with van der Waals surface area (Å²) in [5.41, 5.74) is -0.342. The number of benzene rings is 2. The van der Waals surface area contributed by atoms with Gasteiger partial charge in [-0.25, -0.2) is 4.79 Å². The van der Waals surface area contributed by atoms with Crippen molar-refractivity contribution in [2.75, 3.05) is 0 Å². The van der Waals surface area contributed by atoms with E-state index < -0.39 is 28.3 Å². The number of carbonyl (C=O) groups is 2. The van der Waals surface area contributed by atoms with Crippen LogP contribution >= 0.6 is 0 Å². The number of nitro groups is 1. The van der Waals surface area contributed by atoms with Gasteiger partial charge in [0.15, 0.2) is 0 Å². The summed E-state index contributed by atoms with van der Waals surface area (Å²) in [4.78, 5) is 32.9. The highest BCUT2D eigenvalue weighted by atomic mass is 16.6. The van der Waals surface area contributed by atoms with E-state index in [-0.39, 0.29) is 28.9 Å². The lowest BCUT2D eigenvalue weighted by molar-refractivity contribution is -0.386. The second kappa shape index (κ2) is 6.78. The molecule has 0 fully saturated rings. The molecule has 0 aliphatic carbocycles. The number of para-hydroxylation sites is 1.